The van der Waals surface area contributed by atoms with Crippen LogP contribution in [0.15, 0.2) is 36.5 Å². The molecule has 0 amide bonds. The van der Waals surface area contributed by atoms with Crippen LogP contribution in [0.3, 0.4) is 0 Å². The van der Waals surface area contributed by atoms with Crippen molar-refractivity contribution in [3.8, 4) is 0 Å². The van der Waals surface area contributed by atoms with Gasteiger partial charge in [0.25, 0.3) is 0 Å². The Balaban J connectivity index is 2.62. The highest BCUT2D eigenvalue weighted by molar-refractivity contribution is 5.36. The van der Waals surface area contributed by atoms with Crippen LogP contribution in [0.1, 0.15) is 19.8 Å². The summed E-state index contributed by atoms with van der Waals surface area (Å²) in [5, 5.41) is 3.37. The molecular formula is C13H21NO. The van der Waals surface area contributed by atoms with Crippen molar-refractivity contribution < 1.29 is 4.74 Å². The first-order valence-corrected chi connectivity index (χ1v) is 5.63. The third-order valence-corrected chi connectivity index (χ3v) is 2.63. The minimum absolute atomic E-state index is 0.149. The Morgan fingerprint density at radius 1 is 1.47 bits per heavy atom. The van der Waals surface area contributed by atoms with Gasteiger partial charge in [-0.1, -0.05) is 32.2 Å². The monoisotopic (exact) mass is 207 g/mol. The standard InChI is InChI=1S/C13H21NO/c1-4-8-14-10-13-12(6-3)11(5-2)7-9-15-13/h5-6,13-14H,2-4,7-10H2,1H3. The third kappa shape index (κ3) is 3.33. The number of hydrogen-bond acceptors (Lipinski definition) is 2. The third-order valence-electron chi connectivity index (χ3n) is 2.63. The first-order valence-electron chi connectivity index (χ1n) is 5.63. The van der Waals surface area contributed by atoms with E-state index in [9.17, 15) is 0 Å². The minimum atomic E-state index is 0.149. The molecule has 15 heavy (non-hydrogen) atoms. The van der Waals surface area contributed by atoms with E-state index in [4.69, 9.17) is 4.74 Å². The van der Waals surface area contributed by atoms with E-state index < -0.39 is 0 Å². The lowest BCUT2D eigenvalue weighted by atomic mass is 9.97. The number of ether oxygens (including phenoxy) is 1. The highest BCUT2D eigenvalue weighted by Crippen LogP contribution is 2.22. The summed E-state index contributed by atoms with van der Waals surface area (Å²) in [7, 11) is 0. The Labute approximate surface area is 92.7 Å². The Morgan fingerprint density at radius 3 is 2.87 bits per heavy atom. The molecule has 1 heterocycles. The quantitative estimate of drug-likeness (QED) is 0.675. The molecule has 1 N–H and O–H groups in total. The van der Waals surface area contributed by atoms with Gasteiger partial charge in [0, 0.05) is 6.54 Å². The van der Waals surface area contributed by atoms with Crippen molar-refractivity contribution in [2.45, 2.75) is 25.9 Å². The molecule has 0 bridgehead atoms. The predicted octanol–water partition coefficient (Wildman–Crippen LogP) is 2.44. The maximum Gasteiger partial charge on any atom is 0.0951 e. The van der Waals surface area contributed by atoms with Gasteiger partial charge in [-0.25, -0.2) is 0 Å². The average Bonchev–Trinajstić information content (AvgIpc) is 2.29. The van der Waals surface area contributed by atoms with Crippen LogP contribution in [0.4, 0.5) is 0 Å². The largest absolute Gasteiger partial charge is 0.372 e. The van der Waals surface area contributed by atoms with Crippen molar-refractivity contribution in [3.05, 3.63) is 36.5 Å². The molecule has 2 heteroatoms. The van der Waals surface area contributed by atoms with Gasteiger partial charge in [0.15, 0.2) is 0 Å². The van der Waals surface area contributed by atoms with Crippen molar-refractivity contribution in [2.75, 3.05) is 19.7 Å². The van der Waals surface area contributed by atoms with Crippen molar-refractivity contribution in [1.29, 1.82) is 0 Å². The van der Waals surface area contributed by atoms with Crippen molar-refractivity contribution >= 4 is 0 Å². The summed E-state index contributed by atoms with van der Waals surface area (Å²) >= 11 is 0. The molecule has 1 aliphatic heterocycles. The van der Waals surface area contributed by atoms with Gasteiger partial charge >= 0.3 is 0 Å². The molecule has 1 aliphatic rings. The number of hydrogen-bond donors (Lipinski definition) is 1. The van der Waals surface area contributed by atoms with Crippen LogP contribution in [0, 0.1) is 0 Å². The molecule has 0 aromatic heterocycles. The maximum atomic E-state index is 5.72. The topological polar surface area (TPSA) is 21.3 Å². The molecule has 0 radical (unpaired) electrons. The highest BCUT2D eigenvalue weighted by atomic mass is 16.5. The lowest BCUT2D eigenvalue weighted by molar-refractivity contribution is 0.0711. The molecule has 84 valence electrons. The fourth-order valence-electron chi connectivity index (χ4n) is 1.81. The lowest BCUT2D eigenvalue weighted by Gasteiger charge is -2.26. The zero-order valence-corrected chi connectivity index (χ0v) is 9.59. The van der Waals surface area contributed by atoms with Gasteiger partial charge < -0.3 is 10.1 Å². The molecule has 0 aromatic carbocycles. The van der Waals surface area contributed by atoms with E-state index in [0.29, 0.717) is 0 Å². The van der Waals surface area contributed by atoms with Crippen molar-refractivity contribution in [2.24, 2.45) is 0 Å². The van der Waals surface area contributed by atoms with E-state index >= 15 is 0 Å². The van der Waals surface area contributed by atoms with Gasteiger partial charge in [-0.2, -0.15) is 0 Å². The van der Waals surface area contributed by atoms with Gasteiger partial charge in [-0.3, -0.25) is 0 Å². The zero-order chi connectivity index (χ0) is 11.1. The van der Waals surface area contributed by atoms with Crippen molar-refractivity contribution in [1.82, 2.24) is 5.32 Å². The lowest BCUT2D eigenvalue weighted by Crippen LogP contribution is -2.33. The molecule has 1 rings (SSSR count). The minimum Gasteiger partial charge on any atom is -0.372 e. The van der Waals surface area contributed by atoms with Crippen LogP contribution < -0.4 is 5.32 Å². The van der Waals surface area contributed by atoms with Crippen molar-refractivity contribution in [3.63, 3.8) is 0 Å². The van der Waals surface area contributed by atoms with E-state index in [-0.39, 0.29) is 6.10 Å². The molecule has 2 nitrogen and oxygen atoms in total. The first kappa shape index (κ1) is 12.2. The molecule has 0 aliphatic carbocycles. The number of rotatable bonds is 6. The van der Waals surface area contributed by atoms with Crippen LogP contribution in [0.5, 0.6) is 0 Å². The van der Waals surface area contributed by atoms with E-state index in [1.165, 1.54) is 11.1 Å². The summed E-state index contributed by atoms with van der Waals surface area (Å²) in [6.07, 6.45) is 6.07. The average molecular weight is 207 g/mol. The van der Waals surface area contributed by atoms with Gasteiger partial charge in [-0.15, -0.1) is 0 Å². The first-order chi connectivity index (χ1) is 7.33. The predicted molar refractivity (Wildman–Crippen MR) is 64.9 cm³/mol. The van der Waals surface area contributed by atoms with Gasteiger partial charge in [0.05, 0.1) is 12.7 Å². The van der Waals surface area contributed by atoms with E-state index in [1.807, 2.05) is 12.2 Å². The van der Waals surface area contributed by atoms with Crippen LogP contribution >= 0.6 is 0 Å². The second-order valence-corrected chi connectivity index (χ2v) is 3.70. The second-order valence-electron chi connectivity index (χ2n) is 3.70. The SMILES string of the molecule is C=CC1=C(C=C)C(CNCCC)OCC1. The molecule has 1 unspecified atom stereocenters. The molecule has 0 saturated heterocycles. The van der Waals surface area contributed by atoms with E-state index in [0.717, 1.165) is 32.5 Å². The van der Waals surface area contributed by atoms with Crippen LogP contribution in [0.25, 0.3) is 0 Å². The molecule has 0 saturated carbocycles. The maximum absolute atomic E-state index is 5.72. The fraction of sp³-hybridized carbons (Fsp3) is 0.538. The second kappa shape index (κ2) is 6.59. The number of nitrogens with one attached hydrogen (secondary N) is 1. The Morgan fingerprint density at radius 2 is 2.27 bits per heavy atom. The molecule has 0 fully saturated rings. The fourth-order valence-corrected chi connectivity index (χ4v) is 1.81. The normalized spacial score (nSPS) is 21.5. The van der Waals surface area contributed by atoms with E-state index in [1.54, 1.807) is 0 Å². The summed E-state index contributed by atoms with van der Waals surface area (Å²) < 4.78 is 5.72. The van der Waals surface area contributed by atoms with Gasteiger partial charge in [-0.05, 0) is 30.5 Å². The molecule has 0 spiro atoms. The summed E-state index contributed by atoms with van der Waals surface area (Å²) in [6.45, 7) is 12.5. The van der Waals surface area contributed by atoms with Gasteiger partial charge in [0.1, 0.15) is 0 Å². The highest BCUT2D eigenvalue weighted by Gasteiger charge is 2.19. The summed E-state index contributed by atoms with van der Waals surface area (Å²) in [6, 6.07) is 0. The van der Waals surface area contributed by atoms with Gasteiger partial charge in [0.2, 0.25) is 0 Å². The van der Waals surface area contributed by atoms with Crippen LogP contribution in [-0.2, 0) is 4.74 Å². The molecule has 0 aromatic rings. The molecular weight excluding hydrogens is 186 g/mol. The summed E-state index contributed by atoms with van der Waals surface area (Å²) in [4.78, 5) is 0. The number of allylic oxidation sites excluding steroid dienone is 1. The van der Waals surface area contributed by atoms with Crippen LogP contribution in [0.2, 0.25) is 0 Å². The Kier molecular flexibility index (Phi) is 5.37. The van der Waals surface area contributed by atoms with Crippen LogP contribution in [-0.4, -0.2) is 25.8 Å². The Hall–Kier alpha value is -0.860. The molecule has 1 atom stereocenters. The Bertz CT molecular complexity index is 255. The summed E-state index contributed by atoms with van der Waals surface area (Å²) in [5.74, 6) is 0. The van der Waals surface area contributed by atoms with E-state index in [2.05, 4.69) is 25.4 Å². The smallest absolute Gasteiger partial charge is 0.0951 e. The zero-order valence-electron chi connectivity index (χ0n) is 9.59. The summed E-state index contributed by atoms with van der Waals surface area (Å²) in [5.41, 5.74) is 2.47.